The number of aliphatic hydroxyl groups excluding tert-OH is 1. The Kier molecular flexibility index (Phi) is 11.2. The second-order valence-electron chi connectivity index (χ2n) is 5.65. The zero-order chi connectivity index (χ0) is 15.9. The molecule has 24 heavy (non-hydrogen) atoms. The number of rotatable bonds is 5. The summed E-state index contributed by atoms with van der Waals surface area (Å²) in [6, 6.07) is 0. The summed E-state index contributed by atoms with van der Waals surface area (Å²) in [6.45, 7) is 3.74. The first-order valence-electron chi connectivity index (χ1n) is 7.64. The zero-order valence-corrected chi connectivity index (χ0v) is 16.0. The van der Waals surface area contributed by atoms with Crippen LogP contribution >= 0.6 is 11.8 Å². The molecule has 0 saturated heterocycles. The van der Waals surface area contributed by atoms with Crippen molar-refractivity contribution in [2.24, 2.45) is 17.5 Å². The first-order chi connectivity index (χ1) is 10.7. The first kappa shape index (κ1) is 23.1. The predicted molar refractivity (Wildman–Crippen MR) is 97.8 cm³/mol. The zero-order valence-electron chi connectivity index (χ0n) is 13.7. The molecule has 133 valence electrons. The number of hydrazine groups is 1. The van der Waals surface area contributed by atoms with E-state index in [4.69, 9.17) is 11.6 Å². The molecule has 0 aromatic carbocycles. The van der Waals surface area contributed by atoms with Crippen LogP contribution in [0.3, 0.4) is 0 Å². The van der Waals surface area contributed by atoms with E-state index in [1.165, 1.54) is 16.7 Å². The van der Waals surface area contributed by atoms with Gasteiger partial charge in [-0.15, -0.1) is 0 Å². The Hall–Kier alpha value is -0.886. The van der Waals surface area contributed by atoms with E-state index in [1.807, 2.05) is 12.2 Å². The number of aliphatic hydroxyl groups is 1. The maximum atomic E-state index is 9.64. The van der Waals surface area contributed by atoms with Gasteiger partial charge < -0.3 is 21.7 Å². The van der Waals surface area contributed by atoms with Gasteiger partial charge in [-0.1, -0.05) is 36.1 Å². The van der Waals surface area contributed by atoms with E-state index in [9.17, 15) is 5.11 Å². The van der Waals surface area contributed by atoms with E-state index in [2.05, 4.69) is 17.4 Å². The second-order valence-corrected chi connectivity index (χ2v) is 6.62. The van der Waals surface area contributed by atoms with Gasteiger partial charge in [0.2, 0.25) is 0 Å². The topological polar surface area (TPSA) is 116 Å². The maximum Gasteiger partial charge on any atom is 0.0660 e. The van der Waals surface area contributed by atoms with Gasteiger partial charge in [0.1, 0.15) is 0 Å². The third-order valence-electron chi connectivity index (χ3n) is 4.22. The van der Waals surface area contributed by atoms with Crippen LogP contribution in [0.2, 0.25) is 0 Å². The van der Waals surface area contributed by atoms with Crippen molar-refractivity contribution in [1.29, 1.82) is 0 Å². The van der Waals surface area contributed by atoms with E-state index in [-0.39, 0.29) is 30.1 Å². The van der Waals surface area contributed by atoms with Crippen LogP contribution in [-0.2, 0) is 18.6 Å². The smallest absolute Gasteiger partial charge is 0.0660 e. The molecule has 1 fully saturated rings. The van der Waals surface area contributed by atoms with Gasteiger partial charge in [0.05, 0.1) is 11.8 Å². The normalized spacial score (nSPS) is 26.2. The van der Waals surface area contributed by atoms with Gasteiger partial charge in [0.15, 0.2) is 0 Å². The molecule has 1 saturated carbocycles. The van der Waals surface area contributed by atoms with Gasteiger partial charge in [0, 0.05) is 35.5 Å². The van der Waals surface area contributed by atoms with Crippen molar-refractivity contribution in [2.45, 2.75) is 38.2 Å². The fraction of sp³-hybridized carbons (Fsp3) is 0.412. The van der Waals surface area contributed by atoms with Crippen LogP contribution in [0, 0.1) is 5.92 Å². The molecule has 7 heteroatoms. The standard InChI is InChI=1S/C17H25N3OS.H2O.V/c1-2-3-13(8-9-18)17(20-19)16-10-14(11-22-16)12-4-6-15(21)7-5-12;;/h2-3,8-9,11-12,15,20-21H,1,4-7,10,18-19H2;1H2;/b9-8-,13-3+,17-16+;;. The quantitative estimate of drug-likeness (QED) is 0.327. The summed E-state index contributed by atoms with van der Waals surface area (Å²) in [5.74, 6) is 6.32. The van der Waals surface area contributed by atoms with Gasteiger partial charge in [-0.3, -0.25) is 5.84 Å². The van der Waals surface area contributed by atoms with Crippen LogP contribution < -0.4 is 17.0 Å². The van der Waals surface area contributed by atoms with Gasteiger partial charge in [-0.05, 0) is 49.3 Å². The van der Waals surface area contributed by atoms with E-state index in [0.717, 1.165) is 43.4 Å². The summed E-state index contributed by atoms with van der Waals surface area (Å²) in [5, 5.41) is 11.9. The number of allylic oxidation sites excluding steroid dienone is 5. The van der Waals surface area contributed by atoms with Crippen LogP contribution in [-0.4, -0.2) is 16.7 Å². The monoisotopic (exact) mass is 388 g/mol. The molecular weight excluding hydrogens is 361 g/mol. The van der Waals surface area contributed by atoms with E-state index in [1.54, 1.807) is 17.8 Å². The molecule has 0 atom stereocenters. The van der Waals surface area contributed by atoms with Crippen molar-refractivity contribution in [3.63, 3.8) is 0 Å². The molecule has 0 bridgehead atoms. The molecule has 5 nitrogen and oxygen atoms in total. The Morgan fingerprint density at radius 2 is 2.00 bits per heavy atom. The summed E-state index contributed by atoms with van der Waals surface area (Å²) < 4.78 is 0. The molecule has 2 aliphatic rings. The van der Waals surface area contributed by atoms with E-state index in [0.29, 0.717) is 5.92 Å². The molecule has 0 amide bonds. The van der Waals surface area contributed by atoms with Crippen molar-refractivity contribution < 1.29 is 29.1 Å². The SMILES string of the molecule is C=C/C=C(\C=C/N)C(/NN)=C1/CC(C2CCC(O)CC2)=CS1.O.[V]. The minimum atomic E-state index is -0.112. The summed E-state index contributed by atoms with van der Waals surface area (Å²) in [5.41, 5.74) is 11.6. The second kappa shape index (κ2) is 11.6. The molecule has 0 unspecified atom stereocenters. The Balaban J connectivity index is 0.00000264. The molecule has 1 aliphatic carbocycles. The van der Waals surface area contributed by atoms with E-state index >= 15 is 0 Å². The number of thioether (sulfide) groups is 1. The van der Waals surface area contributed by atoms with Gasteiger partial charge in [-0.25, -0.2) is 0 Å². The molecule has 2 rings (SSSR count). The Morgan fingerprint density at radius 1 is 1.33 bits per heavy atom. The molecule has 0 spiro atoms. The fourth-order valence-corrected chi connectivity index (χ4v) is 4.14. The van der Waals surface area contributed by atoms with Crippen molar-refractivity contribution in [2.75, 3.05) is 0 Å². The summed E-state index contributed by atoms with van der Waals surface area (Å²) in [6.07, 6.45) is 11.7. The average Bonchev–Trinajstić information content (AvgIpc) is 2.99. The molecule has 1 heterocycles. The average molecular weight is 388 g/mol. The summed E-state index contributed by atoms with van der Waals surface area (Å²) in [7, 11) is 0. The Labute approximate surface area is 160 Å². The number of hydrogen-bond donors (Lipinski definition) is 4. The van der Waals surface area contributed by atoms with Gasteiger partial charge in [-0.2, -0.15) is 0 Å². The van der Waals surface area contributed by atoms with Crippen LogP contribution in [0.25, 0.3) is 0 Å². The van der Waals surface area contributed by atoms with Crippen LogP contribution in [0.4, 0.5) is 0 Å². The van der Waals surface area contributed by atoms with Gasteiger partial charge >= 0.3 is 0 Å². The fourth-order valence-electron chi connectivity index (χ4n) is 3.03. The maximum absolute atomic E-state index is 9.64. The molecule has 0 aromatic heterocycles. The number of nitrogens with two attached hydrogens (primary N) is 2. The van der Waals surface area contributed by atoms with Crippen molar-refractivity contribution in [1.82, 2.24) is 5.43 Å². The van der Waals surface area contributed by atoms with Crippen LogP contribution in [0.5, 0.6) is 0 Å². The van der Waals surface area contributed by atoms with Crippen LogP contribution in [0.15, 0.2) is 58.2 Å². The molecule has 1 radical (unpaired) electrons. The molecule has 0 aromatic rings. The van der Waals surface area contributed by atoms with E-state index < -0.39 is 0 Å². The Morgan fingerprint density at radius 3 is 2.54 bits per heavy atom. The molecule has 1 aliphatic heterocycles. The van der Waals surface area contributed by atoms with Crippen molar-refractivity contribution in [3.8, 4) is 0 Å². The Bertz CT molecular complexity index is 536. The minimum absolute atomic E-state index is 0. The summed E-state index contributed by atoms with van der Waals surface area (Å²) in [4.78, 5) is 1.20. The van der Waals surface area contributed by atoms with Gasteiger partial charge in [0.25, 0.3) is 0 Å². The largest absolute Gasteiger partial charge is 0.412 e. The minimum Gasteiger partial charge on any atom is -0.412 e. The van der Waals surface area contributed by atoms with Crippen LogP contribution in [0.1, 0.15) is 32.1 Å². The molecular formula is C17H27N3O2SV. The predicted octanol–water partition coefficient (Wildman–Crippen LogP) is 1.99. The third kappa shape index (κ3) is 5.88. The first-order valence-corrected chi connectivity index (χ1v) is 8.52. The van der Waals surface area contributed by atoms with Crippen molar-refractivity contribution in [3.05, 3.63) is 58.2 Å². The molecule has 8 N–H and O–H groups in total. The number of nitrogens with one attached hydrogen (secondary N) is 1. The number of hydrogen-bond acceptors (Lipinski definition) is 5. The summed E-state index contributed by atoms with van der Waals surface area (Å²) >= 11 is 1.72. The third-order valence-corrected chi connectivity index (χ3v) is 5.28. The van der Waals surface area contributed by atoms with Crippen molar-refractivity contribution >= 4 is 11.8 Å².